The standard InChI is InChI=1S/C39H54FN7O2/c1-7-46(28(4)5)38(48)35-20-32(40)10-11-33(35)34-19-30(24-47-29(6)42-21-37(34)47)31-22-44(23-31)36(27(2)3)9-8-14-43-15-17-45(18-16-43)39(12-13-41)25-49-26-39/h10-11,19-21,24,27-28,31,36H,7-9,12,14-18,22-23,25-26H2,1-6H3/t36-/m1/s1. The van der Waals surface area contributed by atoms with Crippen molar-refractivity contribution in [2.45, 2.75) is 84.3 Å². The van der Waals surface area contributed by atoms with Crippen molar-refractivity contribution in [3.05, 3.63) is 59.4 Å². The molecule has 0 aliphatic carbocycles. The molecule has 0 radical (unpaired) electrons. The summed E-state index contributed by atoms with van der Waals surface area (Å²) in [5.41, 5.74) is 4.16. The number of imidazole rings is 1. The van der Waals surface area contributed by atoms with Gasteiger partial charge in [-0.25, -0.2) is 9.37 Å². The monoisotopic (exact) mass is 671 g/mol. The lowest BCUT2D eigenvalue weighted by Crippen LogP contribution is -2.66. The number of nitriles is 1. The van der Waals surface area contributed by atoms with Gasteiger partial charge in [-0.2, -0.15) is 5.26 Å². The third-order valence-electron chi connectivity index (χ3n) is 11.4. The molecular formula is C39H54FN7O2. The first-order chi connectivity index (χ1) is 23.5. The molecule has 0 bridgehead atoms. The van der Waals surface area contributed by atoms with Crippen LogP contribution in [0.1, 0.15) is 81.5 Å². The lowest BCUT2D eigenvalue weighted by Gasteiger charge is -2.51. The number of aromatic nitrogens is 2. The Kier molecular flexibility index (Phi) is 10.8. The van der Waals surface area contributed by atoms with Crippen LogP contribution in [0.15, 0.2) is 36.7 Å². The fourth-order valence-corrected chi connectivity index (χ4v) is 8.29. The molecule has 0 N–H and O–H groups in total. The molecule has 264 valence electrons. The first-order valence-electron chi connectivity index (χ1n) is 18.3. The number of carbonyl (C=O) groups is 1. The number of carbonyl (C=O) groups excluding carboxylic acids is 1. The molecule has 5 heterocycles. The summed E-state index contributed by atoms with van der Waals surface area (Å²) in [4.78, 5) is 27.9. The maximum atomic E-state index is 14.6. The molecule has 6 rings (SSSR count). The summed E-state index contributed by atoms with van der Waals surface area (Å²) >= 11 is 0. The van der Waals surface area contributed by atoms with Crippen LogP contribution in [0.3, 0.4) is 0 Å². The van der Waals surface area contributed by atoms with Crippen molar-refractivity contribution in [1.29, 1.82) is 5.26 Å². The Labute approximate surface area is 291 Å². The Bertz CT molecular complexity index is 1660. The summed E-state index contributed by atoms with van der Waals surface area (Å²) in [5, 5.41) is 9.32. The van der Waals surface area contributed by atoms with Crippen molar-refractivity contribution in [3.8, 4) is 17.2 Å². The molecule has 3 saturated heterocycles. The van der Waals surface area contributed by atoms with Gasteiger partial charge in [0.05, 0.1) is 48.5 Å². The van der Waals surface area contributed by atoms with Gasteiger partial charge in [-0.3, -0.25) is 14.6 Å². The Morgan fingerprint density at radius 3 is 2.47 bits per heavy atom. The van der Waals surface area contributed by atoms with E-state index >= 15 is 0 Å². The highest BCUT2D eigenvalue weighted by Crippen LogP contribution is 2.37. The molecule has 3 fully saturated rings. The number of amides is 1. The van der Waals surface area contributed by atoms with E-state index in [1.807, 2.05) is 33.9 Å². The van der Waals surface area contributed by atoms with Gasteiger partial charge in [0.1, 0.15) is 11.6 Å². The van der Waals surface area contributed by atoms with Gasteiger partial charge in [0, 0.05) is 75.6 Å². The van der Waals surface area contributed by atoms with E-state index < -0.39 is 5.82 Å². The van der Waals surface area contributed by atoms with Crippen LogP contribution in [0.4, 0.5) is 4.39 Å². The van der Waals surface area contributed by atoms with Crippen LogP contribution in [0.2, 0.25) is 0 Å². The molecule has 3 aromatic rings. The zero-order valence-electron chi connectivity index (χ0n) is 30.3. The summed E-state index contributed by atoms with van der Waals surface area (Å²) in [6.07, 6.45) is 6.97. The third-order valence-corrected chi connectivity index (χ3v) is 11.4. The molecule has 3 aliphatic heterocycles. The van der Waals surface area contributed by atoms with Crippen molar-refractivity contribution >= 4 is 11.4 Å². The van der Waals surface area contributed by atoms with Crippen molar-refractivity contribution in [2.75, 3.05) is 65.6 Å². The van der Waals surface area contributed by atoms with Crippen molar-refractivity contribution in [3.63, 3.8) is 0 Å². The summed E-state index contributed by atoms with van der Waals surface area (Å²) in [6.45, 7) is 21.8. The minimum atomic E-state index is -0.409. The molecule has 0 spiro atoms. The number of halogens is 1. The second-order valence-electron chi connectivity index (χ2n) is 15.1. The van der Waals surface area contributed by atoms with Crippen molar-refractivity contribution < 1.29 is 13.9 Å². The molecule has 3 aliphatic rings. The van der Waals surface area contributed by atoms with E-state index in [1.54, 1.807) is 11.0 Å². The highest BCUT2D eigenvalue weighted by atomic mass is 19.1. The average Bonchev–Trinajstić information content (AvgIpc) is 3.41. The number of piperazine rings is 1. The SMILES string of the molecule is CCN(C(=O)c1cc(F)ccc1-c1cc(C2CN([C@H](CCCN3CCN(C4(CC#N)COC4)CC3)C(C)C)C2)cn2c(C)ncc12)C(C)C. The molecule has 9 nitrogen and oxygen atoms in total. The lowest BCUT2D eigenvalue weighted by atomic mass is 9.85. The van der Waals surface area contributed by atoms with Gasteiger partial charge >= 0.3 is 0 Å². The van der Waals surface area contributed by atoms with Crippen LogP contribution in [-0.4, -0.2) is 118 Å². The fraction of sp³-hybridized carbons (Fsp3) is 0.615. The number of benzene rings is 1. The zero-order valence-corrected chi connectivity index (χ0v) is 30.3. The van der Waals surface area contributed by atoms with Gasteiger partial charge in [-0.05, 0) is 82.3 Å². The summed E-state index contributed by atoms with van der Waals surface area (Å²) < 4.78 is 22.3. The Balaban J connectivity index is 1.13. The fourth-order valence-electron chi connectivity index (χ4n) is 8.29. The van der Waals surface area contributed by atoms with Crippen molar-refractivity contribution in [2.24, 2.45) is 5.92 Å². The third kappa shape index (κ3) is 7.14. The summed E-state index contributed by atoms with van der Waals surface area (Å²) in [5.74, 6) is 1.26. The van der Waals surface area contributed by atoms with Crippen molar-refractivity contribution in [1.82, 2.24) is 29.0 Å². The highest BCUT2D eigenvalue weighted by molar-refractivity contribution is 6.03. The average molecular weight is 672 g/mol. The molecule has 1 atom stereocenters. The van der Waals surface area contributed by atoms with Crippen LogP contribution in [0.25, 0.3) is 16.6 Å². The first-order valence-corrected chi connectivity index (χ1v) is 18.3. The van der Waals surface area contributed by atoms with Crippen LogP contribution >= 0.6 is 0 Å². The van der Waals surface area contributed by atoms with Crippen LogP contribution in [0, 0.1) is 30.0 Å². The number of aryl methyl sites for hydroxylation is 1. The van der Waals surface area contributed by atoms with Crippen LogP contribution in [0.5, 0.6) is 0 Å². The quantitative estimate of drug-likeness (QED) is 0.227. The number of hydrogen-bond acceptors (Lipinski definition) is 7. The number of rotatable bonds is 13. The predicted molar refractivity (Wildman–Crippen MR) is 191 cm³/mol. The van der Waals surface area contributed by atoms with Crippen LogP contribution < -0.4 is 0 Å². The smallest absolute Gasteiger partial charge is 0.254 e. The number of hydrogen-bond donors (Lipinski definition) is 0. The van der Waals surface area contributed by atoms with E-state index in [2.05, 4.69) is 56.3 Å². The molecule has 10 heteroatoms. The van der Waals surface area contributed by atoms with Gasteiger partial charge in [-0.1, -0.05) is 19.9 Å². The molecule has 1 aromatic carbocycles. The van der Waals surface area contributed by atoms with E-state index in [-0.39, 0.29) is 17.5 Å². The van der Waals surface area contributed by atoms with Crippen LogP contribution in [-0.2, 0) is 4.74 Å². The topological polar surface area (TPSA) is 80.4 Å². The van der Waals surface area contributed by atoms with E-state index in [4.69, 9.17) is 4.74 Å². The van der Waals surface area contributed by atoms with E-state index in [1.165, 1.54) is 30.5 Å². The summed E-state index contributed by atoms with van der Waals surface area (Å²) in [6, 6.07) is 9.73. The minimum absolute atomic E-state index is 0.00689. The number of likely N-dealkylation sites (tertiary alicyclic amines) is 1. The first kappa shape index (κ1) is 35.5. The van der Waals surface area contributed by atoms with Gasteiger partial charge in [0.15, 0.2) is 0 Å². The Hall–Kier alpha value is -3.36. The van der Waals surface area contributed by atoms with E-state index in [0.717, 1.165) is 68.3 Å². The van der Waals surface area contributed by atoms with Gasteiger partial charge < -0.3 is 18.9 Å². The van der Waals surface area contributed by atoms with Gasteiger partial charge in [0.2, 0.25) is 0 Å². The molecule has 2 aromatic heterocycles. The second kappa shape index (κ2) is 14.9. The number of fused-ring (bicyclic) bond motifs is 1. The Morgan fingerprint density at radius 1 is 1.12 bits per heavy atom. The number of pyridine rings is 1. The minimum Gasteiger partial charge on any atom is -0.377 e. The predicted octanol–water partition coefficient (Wildman–Crippen LogP) is 5.82. The van der Waals surface area contributed by atoms with Gasteiger partial charge in [0.25, 0.3) is 5.91 Å². The molecule has 0 unspecified atom stereocenters. The Morgan fingerprint density at radius 2 is 1.86 bits per heavy atom. The maximum Gasteiger partial charge on any atom is 0.254 e. The normalized spacial score (nSPS) is 19.6. The number of ether oxygens (including phenoxy) is 1. The van der Waals surface area contributed by atoms with E-state index in [0.29, 0.717) is 49.6 Å². The largest absolute Gasteiger partial charge is 0.377 e. The molecule has 0 saturated carbocycles. The van der Waals surface area contributed by atoms with E-state index in [9.17, 15) is 14.4 Å². The summed E-state index contributed by atoms with van der Waals surface area (Å²) in [7, 11) is 0. The molecule has 1 amide bonds. The lowest BCUT2D eigenvalue weighted by molar-refractivity contribution is -0.147. The highest BCUT2D eigenvalue weighted by Gasteiger charge is 2.45. The maximum absolute atomic E-state index is 14.6. The molecule has 49 heavy (non-hydrogen) atoms. The zero-order chi connectivity index (χ0) is 34.9. The molecular weight excluding hydrogens is 617 g/mol. The number of nitrogens with zero attached hydrogens (tertiary/aromatic N) is 7. The van der Waals surface area contributed by atoms with Gasteiger partial charge in [-0.15, -0.1) is 0 Å². The second-order valence-corrected chi connectivity index (χ2v) is 15.1.